The minimum Gasteiger partial charge on any atom is -0.466 e. The fraction of sp³-hybridized carbons (Fsp3) is 0.647. The number of hydrogen-bond donors (Lipinski definition) is 0. The molecule has 24 heavy (non-hydrogen) atoms. The summed E-state index contributed by atoms with van der Waals surface area (Å²) < 4.78 is 14.4. The third-order valence-electron chi connectivity index (χ3n) is 3.97. The van der Waals surface area contributed by atoms with Crippen LogP contribution in [0, 0.1) is 17.8 Å². The second kappa shape index (κ2) is 9.85. The summed E-state index contributed by atoms with van der Waals surface area (Å²) in [5, 5.41) is 0. The quantitative estimate of drug-likeness (QED) is 0.285. The van der Waals surface area contributed by atoms with Crippen molar-refractivity contribution >= 4 is 23.7 Å². The molecule has 1 saturated carbocycles. The van der Waals surface area contributed by atoms with E-state index in [1.165, 1.54) is 13.2 Å². The number of esters is 3. The lowest BCUT2D eigenvalue weighted by Gasteiger charge is -2.20. The van der Waals surface area contributed by atoms with Crippen molar-refractivity contribution in [2.45, 2.75) is 33.1 Å². The van der Waals surface area contributed by atoms with Gasteiger partial charge in [-0.2, -0.15) is 0 Å². The monoisotopic (exact) mass is 340 g/mol. The highest BCUT2D eigenvalue weighted by atomic mass is 16.6. The molecule has 0 N–H and O–H groups in total. The first-order valence-corrected chi connectivity index (χ1v) is 8.06. The molecule has 0 aromatic heterocycles. The molecule has 0 radical (unpaired) electrons. The summed E-state index contributed by atoms with van der Waals surface area (Å²) in [7, 11) is 1.27. The van der Waals surface area contributed by atoms with Crippen LogP contribution in [0.25, 0.3) is 0 Å². The van der Waals surface area contributed by atoms with Gasteiger partial charge in [-0.1, -0.05) is 6.08 Å². The molecule has 0 heterocycles. The summed E-state index contributed by atoms with van der Waals surface area (Å²) >= 11 is 0. The number of ether oxygens (including phenoxy) is 3. The predicted molar refractivity (Wildman–Crippen MR) is 83.8 cm³/mol. The first-order chi connectivity index (χ1) is 11.4. The number of ketones is 1. The standard InChI is InChI=1S/C17H24O7/c1-4-23-16(20)13(17(21)24-5-2)10-12-11(6-8-14(12)18)7-9-15(19)22-3/h7,9,11-13H,4-6,8,10H2,1-3H3/b9-7+/t11-,12-/m0/s1. The summed E-state index contributed by atoms with van der Waals surface area (Å²) in [5.41, 5.74) is 0. The van der Waals surface area contributed by atoms with Crippen LogP contribution in [0.5, 0.6) is 0 Å². The maximum atomic E-state index is 12.1. The Kier molecular flexibility index (Phi) is 8.15. The number of Topliss-reactive ketones (excluding diaryl/α,β-unsaturated/α-hetero) is 1. The van der Waals surface area contributed by atoms with Crippen molar-refractivity contribution in [1.82, 2.24) is 0 Å². The fourth-order valence-corrected chi connectivity index (χ4v) is 2.77. The molecule has 0 saturated heterocycles. The molecule has 0 bridgehead atoms. The minimum absolute atomic E-state index is 0.0205. The summed E-state index contributed by atoms with van der Waals surface area (Å²) in [4.78, 5) is 47.5. The first kappa shape index (κ1) is 19.9. The molecule has 0 aromatic carbocycles. The van der Waals surface area contributed by atoms with Crippen LogP contribution in [0.1, 0.15) is 33.1 Å². The van der Waals surface area contributed by atoms with Gasteiger partial charge in [-0.3, -0.25) is 14.4 Å². The lowest BCUT2D eigenvalue weighted by atomic mass is 9.86. The Labute approximate surface area is 141 Å². The minimum atomic E-state index is -1.13. The number of rotatable bonds is 8. The van der Waals surface area contributed by atoms with Crippen LogP contribution in [0.15, 0.2) is 12.2 Å². The van der Waals surface area contributed by atoms with Gasteiger partial charge in [0, 0.05) is 18.4 Å². The molecule has 134 valence electrons. The Balaban J connectivity index is 2.89. The summed E-state index contributed by atoms with van der Waals surface area (Å²) in [6, 6.07) is 0. The van der Waals surface area contributed by atoms with Crippen molar-refractivity contribution in [3.8, 4) is 0 Å². The zero-order chi connectivity index (χ0) is 18.1. The van der Waals surface area contributed by atoms with Crippen LogP contribution in [0.2, 0.25) is 0 Å². The third kappa shape index (κ3) is 5.47. The van der Waals surface area contributed by atoms with E-state index in [0.717, 1.165) is 0 Å². The van der Waals surface area contributed by atoms with Crippen LogP contribution in [0.4, 0.5) is 0 Å². The van der Waals surface area contributed by atoms with E-state index in [1.807, 2.05) is 0 Å². The van der Waals surface area contributed by atoms with Gasteiger partial charge in [-0.25, -0.2) is 4.79 Å². The topological polar surface area (TPSA) is 96.0 Å². The van der Waals surface area contributed by atoms with E-state index in [1.54, 1.807) is 19.9 Å². The first-order valence-electron chi connectivity index (χ1n) is 8.06. The van der Waals surface area contributed by atoms with Crippen molar-refractivity contribution < 1.29 is 33.4 Å². The molecule has 1 aliphatic carbocycles. The van der Waals surface area contributed by atoms with Crippen molar-refractivity contribution in [3.63, 3.8) is 0 Å². The van der Waals surface area contributed by atoms with Gasteiger partial charge >= 0.3 is 17.9 Å². The Morgan fingerprint density at radius 3 is 2.25 bits per heavy atom. The molecule has 1 fully saturated rings. The van der Waals surface area contributed by atoms with E-state index in [4.69, 9.17) is 9.47 Å². The van der Waals surface area contributed by atoms with Crippen molar-refractivity contribution in [3.05, 3.63) is 12.2 Å². The van der Waals surface area contributed by atoms with Gasteiger partial charge in [-0.05, 0) is 32.6 Å². The smallest absolute Gasteiger partial charge is 0.330 e. The number of allylic oxidation sites excluding steroid dienone is 1. The maximum Gasteiger partial charge on any atom is 0.330 e. The third-order valence-corrected chi connectivity index (χ3v) is 3.97. The number of carbonyl (C=O) groups is 4. The Bertz CT molecular complexity index is 491. The van der Waals surface area contributed by atoms with Crippen LogP contribution in [-0.2, 0) is 33.4 Å². The molecular formula is C17H24O7. The van der Waals surface area contributed by atoms with Crippen molar-refractivity contribution in [2.75, 3.05) is 20.3 Å². The van der Waals surface area contributed by atoms with Gasteiger partial charge in [0.05, 0.1) is 20.3 Å². The highest BCUT2D eigenvalue weighted by Gasteiger charge is 2.40. The Morgan fingerprint density at radius 2 is 1.75 bits per heavy atom. The number of hydrogen-bond acceptors (Lipinski definition) is 7. The number of carbonyl (C=O) groups excluding carboxylic acids is 4. The summed E-state index contributed by atoms with van der Waals surface area (Å²) in [6.07, 6.45) is 3.80. The van der Waals surface area contributed by atoms with E-state index in [0.29, 0.717) is 12.8 Å². The molecular weight excluding hydrogens is 316 g/mol. The summed E-state index contributed by atoms with van der Waals surface area (Å²) in [5.74, 6) is -3.80. The Morgan fingerprint density at radius 1 is 1.17 bits per heavy atom. The Hall–Kier alpha value is -2.18. The van der Waals surface area contributed by atoms with E-state index >= 15 is 0 Å². The molecule has 1 rings (SSSR count). The SMILES string of the molecule is CCOC(=O)C(C[C@@H]1C(=O)CC[C@H]1/C=C/C(=O)OC)C(=O)OCC. The average molecular weight is 340 g/mol. The molecule has 0 aromatic rings. The highest BCUT2D eigenvalue weighted by molar-refractivity contribution is 5.96. The van der Waals surface area contributed by atoms with Crippen LogP contribution >= 0.6 is 0 Å². The van der Waals surface area contributed by atoms with Crippen LogP contribution < -0.4 is 0 Å². The zero-order valence-electron chi connectivity index (χ0n) is 14.3. The van der Waals surface area contributed by atoms with Crippen molar-refractivity contribution in [2.24, 2.45) is 17.8 Å². The number of methoxy groups -OCH3 is 1. The van der Waals surface area contributed by atoms with E-state index in [2.05, 4.69) is 4.74 Å². The molecule has 7 nitrogen and oxygen atoms in total. The van der Waals surface area contributed by atoms with Gasteiger partial charge in [0.25, 0.3) is 0 Å². The lowest BCUT2D eigenvalue weighted by Crippen LogP contribution is -2.32. The van der Waals surface area contributed by atoms with E-state index < -0.39 is 29.7 Å². The largest absolute Gasteiger partial charge is 0.466 e. The van der Waals surface area contributed by atoms with Gasteiger partial charge in [0.15, 0.2) is 5.92 Å². The molecule has 0 unspecified atom stereocenters. The van der Waals surface area contributed by atoms with Crippen molar-refractivity contribution in [1.29, 1.82) is 0 Å². The zero-order valence-corrected chi connectivity index (χ0v) is 14.3. The molecule has 2 atom stereocenters. The second-order valence-electron chi connectivity index (χ2n) is 5.45. The molecule has 0 amide bonds. The van der Waals surface area contributed by atoms with Gasteiger partial charge in [0.1, 0.15) is 5.78 Å². The average Bonchev–Trinajstić information content (AvgIpc) is 2.90. The second-order valence-corrected chi connectivity index (χ2v) is 5.45. The molecule has 0 spiro atoms. The van der Waals surface area contributed by atoms with Gasteiger partial charge in [0.2, 0.25) is 0 Å². The fourth-order valence-electron chi connectivity index (χ4n) is 2.77. The van der Waals surface area contributed by atoms with Crippen LogP contribution in [0.3, 0.4) is 0 Å². The van der Waals surface area contributed by atoms with Crippen LogP contribution in [-0.4, -0.2) is 44.0 Å². The van der Waals surface area contributed by atoms with E-state index in [-0.39, 0.29) is 31.3 Å². The molecule has 7 heteroatoms. The molecule has 1 aliphatic rings. The predicted octanol–water partition coefficient (Wildman–Crippen LogP) is 1.44. The summed E-state index contributed by atoms with van der Waals surface area (Å²) in [6.45, 7) is 3.56. The van der Waals surface area contributed by atoms with Gasteiger partial charge < -0.3 is 14.2 Å². The van der Waals surface area contributed by atoms with E-state index in [9.17, 15) is 19.2 Å². The maximum absolute atomic E-state index is 12.1. The normalized spacial score (nSPS) is 20.4. The lowest BCUT2D eigenvalue weighted by molar-refractivity contribution is -0.162. The highest BCUT2D eigenvalue weighted by Crippen LogP contribution is 2.35. The van der Waals surface area contributed by atoms with Gasteiger partial charge in [-0.15, -0.1) is 0 Å². The molecule has 0 aliphatic heterocycles.